The first kappa shape index (κ1) is 15.5. The first-order valence-corrected chi connectivity index (χ1v) is 8.24. The summed E-state index contributed by atoms with van der Waals surface area (Å²) in [5, 5.41) is 6.34. The number of pyridine rings is 1. The minimum atomic E-state index is -0.0137. The standard InChI is InChI=1S/C19H23N3O/c1-4-18(23)21-17-11-16-15(9-6-10-20-16)19(22-17)14-8-5-7-12(2)13(14)3/h5,7-8,11,20H,4,6,9-10H2,1-3H3,(H,21,22,23). The SMILES string of the molecule is CCC(=O)Nc1cc2c(c(-c3cccc(C)c3C)n1)CCCN2. The van der Waals surface area contributed by atoms with E-state index in [1.165, 1.54) is 16.7 Å². The molecule has 0 saturated heterocycles. The van der Waals surface area contributed by atoms with Gasteiger partial charge in [0.1, 0.15) is 5.82 Å². The number of aryl methyl sites for hydroxylation is 1. The predicted molar refractivity (Wildman–Crippen MR) is 94.9 cm³/mol. The van der Waals surface area contributed by atoms with Crippen molar-refractivity contribution in [1.29, 1.82) is 0 Å². The van der Waals surface area contributed by atoms with Crippen LogP contribution in [0.1, 0.15) is 36.5 Å². The van der Waals surface area contributed by atoms with E-state index < -0.39 is 0 Å². The van der Waals surface area contributed by atoms with Crippen LogP contribution in [0, 0.1) is 13.8 Å². The number of hydrogen-bond acceptors (Lipinski definition) is 3. The van der Waals surface area contributed by atoms with Crippen LogP contribution in [0.15, 0.2) is 24.3 Å². The van der Waals surface area contributed by atoms with Crippen molar-refractivity contribution in [3.63, 3.8) is 0 Å². The van der Waals surface area contributed by atoms with Crippen LogP contribution in [0.3, 0.4) is 0 Å². The molecule has 1 aromatic heterocycles. The number of anilines is 2. The number of nitrogens with zero attached hydrogens (tertiary/aromatic N) is 1. The van der Waals surface area contributed by atoms with Gasteiger partial charge in [0.2, 0.25) is 5.91 Å². The van der Waals surface area contributed by atoms with Crippen LogP contribution < -0.4 is 10.6 Å². The molecule has 3 rings (SSSR count). The lowest BCUT2D eigenvalue weighted by Gasteiger charge is -2.23. The fourth-order valence-corrected chi connectivity index (χ4v) is 3.00. The molecule has 4 heteroatoms. The highest BCUT2D eigenvalue weighted by atomic mass is 16.1. The molecule has 1 aliphatic heterocycles. The Kier molecular flexibility index (Phi) is 4.33. The number of aromatic nitrogens is 1. The van der Waals surface area contributed by atoms with Gasteiger partial charge in [-0.2, -0.15) is 0 Å². The highest BCUT2D eigenvalue weighted by Gasteiger charge is 2.19. The molecule has 1 amide bonds. The number of carbonyl (C=O) groups excluding carboxylic acids is 1. The predicted octanol–water partition coefficient (Wildman–Crippen LogP) is 4.07. The monoisotopic (exact) mass is 309 g/mol. The quantitative estimate of drug-likeness (QED) is 0.898. The molecular formula is C19H23N3O. The van der Waals surface area contributed by atoms with Crippen LogP contribution in [-0.4, -0.2) is 17.4 Å². The van der Waals surface area contributed by atoms with E-state index in [1.54, 1.807) is 0 Å². The number of amides is 1. The largest absolute Gasteiger partial charge is 0.385 e. The fraction of sp³-hybridized carbons (Fsp3) is 0.368. The molecule has 1 aromatic carbocycles. The summed E-state index contributed by atoms with van der Waals surface area (Å²) in [6.07, 6.45) is 2.57. The molecule has 2 N–H and O–H groups in total. The number of nitrogens with one attached hydrogen (secondary N) is 2. The van der Waals surface area contributed by atoms with Crippen molar-refractivity contribution in [3.8, 4) is 11.3 Å². The van der Waals surface area contributed by atoms with Crippen LogP contribution in [0.2, 0.25) is 0 Å². The second-order valence-electron chi connectivity index (χ2n) is 6.06. The average molecular weight is 309 g/mol. The fourth-order valence-electron chi connectivity index (χ4n) is 3.00. The molecular weight excluding hydrogens is 286 g/mol. The molecule has 0 fully saturated rings. The Morgan fingerprint density at radius 1 is 1.35 bits per heavy atom. The van der Waals surface area contributed by atoms with Crippen molar-refractivity contribution in [2.45, 2.75) is 40.0 Å². The second kappa shape index (κ2) is 6.41. The van der Waals surface area contributed by atoms with Crippen LogP contribution in [0.4, 0.5) is 11.5 Å². The number of rotatable bonds is 3. The Hall–Kier alpha value is -2.36. The molecule has 0 unspecified atom stereocenters. The molecule has 0 bridgehead atoms. The summed E-state index contributed by atoms with van der Waals surface area (Å²) in [5.41, 5.74) is 6.98. The zero-order valence-corrected chi connectivity index (χ0v) is 14.0. The van der Waals surface area contributed by atoms with Crippen LogP contribution in [0.25, 0.3) is 11.3 Å². The number of fused-ring (bicyclic) bond motifs is 1. The Bertz CT molecular complexity index is 753. The maximum Gasteiger partial charge on any atom is 0.225 e. The molecule has 0 aliphatic carbocycles. The first-order valence-electron chi connectivity index (χ1n) is 8.24. The average Bonchev–Trinajstić information content (AvgIpc) is 2.56. The molecule has 2 aromatic rings. The van der Waals surface area contributed by atoms with E-state index in [0.717, 1.165) is 36.3 Å². The van der Waals surface area contributed by atoms with Crippen LogP contribution in [-0.2, 0) is 11.2 Å². The zero-order valence-electron chi connectivity index (χ0n) is 14.0. The molecule has 4 nitrogen and oxygen atoms in total. The third-order valence-electron chi connectivity index (χ3n) is 4.49. The van der Waals surface area contributed by atoms with Gasteiger partial charge in [-0.25, -0.2) is 4.98 Å². The van der Waals surface area contributed by atoms with Crippen molar-refractivity contribution >= 4 is 17.4 Å². The molecule has 0 radical (unpaired) electrons. The second-order valence-corrected chi connectivity index (χ2v) is 6.06. The van der Waals surface area contributed by atoms with Gasteiger partial charge in [-0.1, -0.05) is 25.1 Å². The van der Waals surface area contributed by atoms with E-state index in [4.69, 9.17) is 4.98 Å². The van der Waals surface area contributed by atoms with E-state index in [9.17, 15) is 4.79 Å². The maximum atomic E-state index is 11.7. The van der Waals surface area contributed by atoms with Crippen LogP contribution in [0.5, 0.6) is 0 Å². The van der Waals surface area contributed by atoms with E-state index >= 15 is 0 Å². The molecule has 120 valence electrons. The van der Waals surface area contributed by atoms with Gasteiger partial charge < -0.3 is 10.6 Å². The third kappa shape index (κ3) is 3.07. The topological polar surface area (TPSA) is 54.0 Å². The lowest BCUT2D eigenvalue weighted by Crippen LogP contribution is -2.17. The van der Waals surface area contributed by atoms with Crippen molar-refractivity contribution < 1.29 is 4.79 Å². The van der Waals surface area contributed by atoms with Gasteiger partial charge in [0, 0.05) is 35.8 Å². The Morgan fingerprint density at radius 3 is 2.96 bits per heavy atom. The zero-order chi connectivity index (χ0) is 16.4. The van der Waals surface area contributed by atoms with Crippen LogP contribution >= 0.6 is 0 Å². The minimum absolute atomic E-state index is 0.0137. The van der Waals surface area contributed by atoms with Gasteiger partial charge in [0.25, 0.3) is 0 Å². The maximum absolute atomic E-state index is 11.7. The summed E-state index contributed by atoms with van der Waals surface area (Å²) in [6.45, 7) is 7.06. The minimum Gasteiger partial charge on any atom is -0.385 e. The molecule has 1 aliphatic rings. The molecule has 0 atom stereocenters. The van der Waals surface area contributed by atoms with Crippen molar-refractivity contribution in [2.75, 3.05) is 17.2 Å². The third-order valence-corrected chi connectivity index (χ3v) is 4.49. The Labute approximate surface area is 137 Å². The Morgan fingerprint density at radius 2 is 2.17 bits per heavy atom. The summed E-state index contributed by atoms with van der Waals surface area (Å²) in [7, 11) is 0. The van der Waals surface area contributed by atoms with Crippen molar-refractivity contribution in [1.82, 2.24) is 4.98 Å². The summed E-state index contributed by atoms with van der Waals surface area (Å²) in [4.78, 5) is 16.5. The molecule has 23 heavy (non-hydrogen) atoms. The van der Waals surface area contributed by atoms with E-state index in [1.807, 2.05) is 13.0 Å². The number of carbonyl (C=O) groups is 1. The van der Waals surface area contributed by atoms with Gasteiger partial charge in [0.05, 0.1) is 5.69 Å². The van der Waals surface area contributed by atoms with E-state index in [-0.39, 0.29) is 5.91 Å². The van der Waals surface area contributed by atoms with Gasteiger partial charge >= 0.3 is 0 Å². The Balaban J connectivity index is 2.15. The first-order chi connectivity index (χ1) is 11.1. The van der Waals surface area contributed by atoms with Gasteiger partial charge in [-0.3, -0.25) is 4.79 Å². The smallest absolute Gasteiger partial charge is 0.225 e. The summed E-state index contributed by atoms with van der Waals surface area (Å²) < 4.78 is 0. The molecule has 0 spiro atoms. The van der Waals surface area contributed by atoms with Gasteiger partial charge in [-0.15, -0.1) is 0 Å². The normalized spacial score (nSPS) is 13.2. The lowest BCUT2D eigenvalue weighted by molar-refractivity contribution is -0.115. The number of benzene rings is 1. The highest BCUT2D eigenvalue weighted by molar-refractivity contribution is 5.91. The molecule has 0 saturated carbocycles. The van der Waals surface area contributed by atoms with Gasteiger partial charge in [0.15, 0.2) is 0 Å². The number of hydrogen-bond donors (Lipinski definition) is 2. The highest BCUT2D eigenvalue weighted by Crippen LogP contribution is 2.35. The summed E-state index contributed by atoms with van der Waals surface area (Å²) >= 11 is 0. The summed E-state index contributed by atoms with van der Waals surface area (Å²) in [6, 6.07) is 8.26. The van der Waals surface area contributed by atoms with Crippen molar-refractivity contribution in [2.24, 2.45) is 0 Å². The van der Waals surface area contributed by atoms with E-state index in [2.05, 4.69) is 42.7 Å². The van der Waals surface area contributed by atoms with Gasteiger partial charge in [-0.05, 0) is 37.8 Å². The van der Waals surface area contributed by atoms with E-state index in [0.29, 0.717) is 12.2 Å². The lowest BCUT2D eigenvalue weighted by atomic mass is 9.93. The summed E-state index contributed by atoms with van der Waals surface area (Å²) in [5.74, 6) is 0.612. The van der Waals surface area contributed by atoms with Crippen molar-refractivity contribution in [3.05, 3.63) is 41.0 Å². The molecule has 2 heterocycles.